The molecule has 2 aromatic rings. The highest BCUT2D eigenvalue weighted by molar-refractivity contribution is 6.08. The van der Waals surface area contributed by atoms with Gasteiger partial charge < -0.3 is 13.6 Å². The summed E-state index contributed by atoms with van der Waals surface area (Å²) in [5.74, 6) is -0.598. The fraction of sp³-hybridized carbons (Fsp3) is 0.333. The van der Waals surface area contributed by atoms with E-state index in [2.05, 4.69) is 0 Å². The predicted molar refractivity (Wildman–Crippen MR) is 78.2 cm³/mol. The summed E-state index contributed by atoms with van der Waals surface area (Å²) >= 11 is 0. The lowest BCUT2D eigenvalue weighted by molar-refractivity contribution is -0.142. The summed E-state index contributed by atoms with van der Waals surface area (Å²) in [6, 6.07) is 9.48. The number of esters is 1. The Morgan fingerprint density at radius 2 is 1.76 bits per heavy atom. The van der Waals surface area contributed by atoms with E-state index >= 15 is 0 Å². The van der Waals surface area contributed by atoms with Gasteiger partial charge in [-0.2, -0.15) is 0 Å². The summed E-state index contributed by atoms with van der Waals surface area (Å²) in [5, 5.41) is 0. The van der Waals surface area contributed by atoms with E-state index in [0.29, 0.717) is 12.2 Å². The molecule has 0 saturated heterocycles. The Morgan fingerprint density at radius 3 is 2.33 bits per heavy atom. The summed E-state index contributed by atoms with van der Waals surface area (Å²) in [6.07, 6.45) is 1.17. The molecule has 0 aliphatic heterocycles. The third-order valence-electron chi connectivity index (χ3n) is 2.34. The van der Waals surface area contributed by atoms with Crippen LogP contribution >= 0.6 is 0 Å². The molecule has 0 fully saturated rings. The molecule has 0 N–H and O–H groups in total. The molecule has 1 aromatic heterocycles. The number of hydrogen-bond acceptors (Lipinski definition) is 5. The van der Waals surface area contributed by atoms with Crippen LogP contribution in [-0.4, -0.2) is 13.8 Å². The second-order valence-corrected chi connectivity index (χ2v) is 4.15. The van der Waals surface area contributed by atoms with E-state index < -0.39 is 11.8 Å². The lowest BCUT2D eigenvalue weighted by atomic mass is 10.1. The molecule has 0 bridgehead atoms. The van der Waals surface area contributed by atoms with Crippen molar-refractivity contribution in [1.29, 1.82) is 0 Å². The molecular weight excluding hydrogens is 271 g/mol. The van der Waals surface area contributed by atoms with Gasteiger partial charge in [0, 0.05) is 13.3 Å². The van der Waals surface area contributed by atoms with E-state index in [4.69, 9.17) is 21.4 Å². The van der Waals surface area contributed by atoms with Gasteiger partial charge in [-0.3, -0.25) is 4.79 Å². The van der Waals surface area contributed by atoms with E-state index in [1.165, 1.54) is 6.92 Å². The minimum Gasteiger partial charge on any atom is -0.458 e. The normalized spacial score (nSPS) is 9.62. The van der Waals surface area contributed by atoms with Gasteiger partial charge in [-0.05, 0) is 5.56 Å². The quantitative estimate of drug-likeness (QED) is 0.638. The maximum atomic E-state index is 11.1. The van der Waals surface area contributed by atoms with E-state index in [9.17, 15) is 9.59 Å². The first-order valence-corrected chi connectivity index (χ1v) is 6.55. The zero-order valence-corrected chi connectivity index (χ0v) is 12.1. The molecule has 0 spiro atoms. The molecule has 21 heavy (non-hydrogen) atoms. The molecule has 0 atom stereocenters. The molecule has 0 unspecified atom stereocenters. The SMILES string of the molecule is CC(=O)OCc1oc(=O)oc1Cc1ccccc1.[B]CC. The molecule has 110 valence electrons. The van der Waals surface area contributed by atoms with Gasteiger partial charge in [0.15, 0.2) is 18.1 Å². The average Bonchev–Trinajstić information content (AvgIpc) is 2.78. The lowest BCUT2D eigenvalue weighted by Crippen LogP contribution is -2.00. The molecule has 1 aromatic carbocycles. The van der Waals surface area contributed by atoms with Crippen LogP contribution in [0.3, 0.4) is 0 Å². The van der Waals surface area contributed by atoms with Crippen LogP contribution in [0.15, 0.2) is 44.0 Å². The van der Waals surface area contributed by atoms with Crippen LogP contribution in [0.25, 0.3) is 0 Å². The summed E-state index contributed by atoms with van der Waals surface area (Å²) in [7, 11) is 4.85. The van der Waals surface area contributed by atoms with Crippen molar-refractivity contribution in [3.8, 4) is 0 Å². The van der Waals surface area contributed by atoms with Gasteiger partial charge in [-0.25, -0.2) is 4.79 Å². The summed E-state index contributed by atoms with van der Waals surface area (Å²) < 4.78 is 14.6. The van der Waals surface area contributed by atoms with Crippen LogP contribution in [0.5, 0.6) is 0 Å². The predicted octanol–water partition coefficient (Wildman–Crippen LogP) is 2.48. The first-order valence-electron chi connectivity index (χ1n) is 6.55. The van der Waals surface area contributed by atoms with Crippen LogP contribution < -0.4 is 5.82 Å². The van der Waals surface area contributed by atoms with Crippen LogP contribution in [0.4, 0.5) is 0 Å². The van der Waals surface area contributed by atoms with Gasteiger partial charge in [-0.15, -0.1) is 0 Å². The van der Waals surface area contributed by atoms with Gasteiger partial charge in [0.2, 0.25) is 0 Å². The lowest BCUT2D eigenvalue weighted by Gasteiger charge is -2.00. The zero-order chi connectivity index (χ0) is 15.7. The van der Waals surface area contributed by atoms with Gasteiger partial charge in [0.1, 0.15) is 0 Å². The molecule has 0 saturated carbocycles. The minimum atomic E-state index is -0.789. The topological polar surface area (TPSA) is 69.7 Å². The molecule has 0 amide bonds. The number of carbonyl (C=O) groups excluding carboxylic acids is 1. The summed E-state index contributed by atoms with van der Waals surface area (Å²) in [6.45, 7) is 3.10. The number of carbonyl (C=O) groups is 1. The van der Waals surface area contributed by atoms with Crippen molar-refractivity contribution in [2.45, 2.75) is 33.2 Å². The molecule has 6 heteroatoms. The van der Waals surface area contributed by atoms with Crippen molar-refractivity contribution in [2.75, 3.05) is 0 Å². The zero-order valence-electron chi connectivity index (χ0n) is 12.1. The standard InChI is InChI=1S/C13H12O5.C2H5B/c1-9(14)16-8-12-11(17-13(15)18-12)7-10-5-3-2-4-6-10;1-2-3/h2-6H,7-8H2,1H3;2H2,1H3. The van der Waals surface area contributed by atoms with Crippen LogP contribution in [0.1, 0.15) is 30.9 Å². The molecule has 1 heterocycles. The van der Waals surface area contributed by atoms with Crippen LogP contribution in [-0.2, 0) is 22.6 Å². The average molecular weight is 288 g/mol. The van der Waals surface area contributed by atoms with Crippen molar-refractivity contribution in [2.24, 2.45) is 0 Å². The molecule has 0 aliphatic carbocycles. The van der Waals surface area contributed by atoms with Crippen molar-refractivity contribution >= 4 is 13.8 Å². The summed E-state index contributed by atoms with van der Waals surface area (Å²) in [5.41, 5.74) is 0.978. The summed E-state index contributed by atoms with van der Waals surface area (Å²) in [4.78, 5) is 21.8. The van der Waals surface area contributed by atoms with Crippen LogP contribution in [0, 0.1) is 0 Å². The van der Waals surface area contributed by atoms with Gasteiger partial charge in [-0.1, -0.05) is 43.6 Å². The number of benzene rings is 1. The fourth-order valence-electron chi connectivity index (χ4n) is 1.53. The smallest absolute Gasteiger partial charge is 0.458 e. The highest BCUT2D eigenvalue weighted by atomic mass is 16.6. The largest absolute Gasteiger partial charge is 0.519 e. The second-order valence-electron chi connectivity index (χ2n) is 4.15. The second kappa shape index (κ2) is 8.84. The van der Waals surface area contributed by atoms with E-state index in [0.717, 1.165) is 11.9 Å². The monoisotopic (exact) mass is 288 g/mol. The van der Waals surface area contributed by atoms with Crippen molar-refractivity contribution < 1.29 is 18.4 Å². The van der Waals surface area contributed by atoms with E-state index in [1.807, 2.05) is 37.3 Å². The Balaban J connectivity index is 0.000000677. The Kier molecular flexibility index (Phi) is 7.08. The number of rotatable bonds is 4. The van der Waals surface area contributed by atoms with Gasteiger partial charge >= 0.3 is 11.8 Å². The highest BCUT2D eigenvalue weighted by Gasteiger charge is 2.14. The maximum absolute atomic E-state index is 11.1. The van der Waals surface area contributed by atoms with Crippen molar-refractivity contribution in [1.82, 2.24) is 0 Å². The fourth-order valence-corrected chi connectivity index (χ4v) is 1.53. The van der Waals surface area contributed by atoms with E-state index in [1.54, 1.807) is 0 Å². The van der Waals surface area contributed by atoms with Crippen LogP contribution in [0.2, 0.25) is 6.32 Å². The number of ether oxygens (including phenoxy) is 1. The third-order valence-corrected chi connectivity index (χ3v) is 2.34. The Labute approximate surface area is 124 Å². The molecular formula is C15H17BO5. The van der Waals surface area contributed by atoms with E-state index in [-0.39, 0.29) is 12.4 Å². The Hall–Kier alpha value is -2.24. The molecule has 2 rings (SSSR count). The molecule has 2 radical (unpaired) electrons. The third kappa shape index (κ3) is 6.16. The molecule has 0 aliphatic rings. The maximum Gasteiger partial charge on any atom is 0.519 e. The highest BCUT2D eigenvalue weighted by Crippen LogP contribution is 2.14. The first kappa shape index (κ1) is 16.8. The van der Waals surface area contributed by atoms with Crippen molar-refractivity contribution in [3.63, 3.8) is 0 Å². The van der Waals surface area contributed by atoms with Gasteiger partial charge in [0.25, 0.3) is 0 Å². The Morgan fingerprint density at radius 1 is 1.19 bits per heavy atom. The minimum absolute atomic E-state index is 0.0940. The number of hydrogen-bond donors (Lipinski definition) is 0. The molecule has 5 nitrogen and oxygen atoms in total. The van der Waals surface area contributed by atoms with Crippen molar-refractivity contribution in [3.05, 3.63) is 58.0 Å². The van der Waals surface area contributed by atoms with Gasteiger partial charge in [0.05, 0.1) is 7.85 Å². The first-order chi connectivity index (χ1) is 10.1. The Bertz CT molecular complexity index is 600.